The van der Waals surface area contributed by atoms with E-state index in [0.29, 0.717) is 6.54 Å². The van der Waals surface area contributed by atoms with Gasteiger partial charge in [-0.3, -0.25) is 4.84 Å². The highest BCUT2D eigenvalue weighted by Gasteiger charge is 2.45. The minimum absolute atomic E-state index is 0.206. The Kier molecular flexibility index (Phi) is 2.66. The summed E-state index contributed by atoms with van der Waals surface area (Å²) in [6.45, 7) is 4.06. The van der Waals surface area contributed by atoms with Gasteiger partial charge in [-0.1, -0.05) is 18.2 Å². The summed E-state index contributed by atoms with van der Waals surface area (Å²) in [4.78, 5) is 29.1. The lowest BCUT2D eigenvalue weighted by molar-refractivity contribution is -0.140. The molecule has 2 aliphatic rings. The molecular formula is C10H12N2O4. The SMILES string of the molecule is C=CCON1C(=O)N2CC1C=CC2C(=O)O. The molecule has 0 aromatic carbocycles. The molecule has 2 heterocycles. The molecule has 1 fully saturated rings. The second-order valence-electron chi connectivity index (χ2n) is 3.58. The van der Waals surface area contributed by atoms with Gasteiger partial charge in [-0.2, -0.15) is 5.06 Å². The van der Waals surface area contributed by atoms with Gasteiger partial charge >= 0.3 is 12.0 Å². The highest BCUT2D eigenvalue weighted by atomic mass is 16.7. The maximum Gasteiger partial charge on any atom is 0.345 e. The lowest BCUT2D eigenvalue weighted by atomic mass is 10.1. The van der Waals surface area contributed by atoms with E-state index >= 15 is 0 Å². The number of carboxylic acid groups (broad SMARTS) is 1. The molecule has 1 N–H and O–H groups in total. The van der Waals surface area contributed by atoms with Crippen molar-refractivity contribution in [1.29, 1.82) is 0 Å². The fourth-order valence-electron chi connectivity index (χ4n) is 1.83. The number of hydrogen-bond acceptors (Lipinski definition) is 3. The van der Waals surface area contributed by atoms with E-state index in [9.17, 15) is 9.59 Å². The first kappa shape index (κ1) is 10.7. The van der Waals surface area contributed by atoms with Crippen LogP contribution in [-0.2, 0) is 9.63 Å². The van der Waals surface area contributed by atoms with Crippen LogP contribution in [0.4, 0.5) is 4.79 Å². The van der Waals surface area contributed by atoms with Gasteiger partial charge in [-0.05, 0) is 0 Å². The smallest absolute Gasteiger partial charge is 0.345 e. The van der Waals surface area contributed by atoms with E-state index in [0.717, 1.165) is 0 Å². The van der Waals surface area contributed by atoms with Crippen molar-refractivity contribution in [2.24, 2.45) is 0 Å². The predicted molar refractivity (Wildman–Crippen MR) is 54.4 cm³/mol. The zero-order valence-corrected chi connectivity index (χ0v) is 8.57. The van der Waals surface area contributed by atoms with E-state index in [-0.39, 0.29) is 12.6 Å². The zero-order chi connectivity index (χ0) is 11.7. The zero-order valence-electron chi connectivity index (χ0n) is 8.57. The quantitative estimate of drug-likeness (QED) is 0.694. The molecule has 6 heteroatoms. The molecule has 2 amide bonds. The average molecular weight is 224 g/mol. The molecule has 0 radical (unpaired) electrons. The average Bonchev–Trinajstić information content (AvgIpc) is 2.50. The summed E-state index contributed by atoms with van der Waals surface area (Å²) >= 11 is 0. The Morgan fingerprint density at radius 1 is 1.69 bits per heavy atom. The van der Waals surface area contributed by atoms with Gasteiger partial charge in [0, 0.05) is 0 Å². The third-order valence-corrected chi connectivity index (χ3v) is 2.56. The summed E-state index contributed by atoms with van der Waals surface area (Å²) in [6.07, 6.45) is 4.72. The first-order valence-electron chi connectivity index (χ1n) is 4.90. The summed E-state index contributed by atoms with van der Waals surface area (Å²) < 4.78 is 0. The number of nitrogens with zero attached hydrogens (tertiary/aromatic N) is 2. The molecule has 2 aliphatic heterocycles. The summed E-state index contributed by atoms with van der Waals surface area (Å²) in [5, 5.41) is 10.1. The van der Waals surface area contributed by atoms with Crippen LogP contribution in [0, 0.1) is 0 Å². The van der Waals surface area contributed by atoms with Crippen molar-refractivity contribution < 1.29 is 19.5 Å². The number of carbonyl (C=O) groups is 2. The van der Waals surface area contributed by atoms with Crippen LogP contribution in [0.15, 0.2) is 24.8 Å². The van der Waals surface area contributed by atoms with Gasteiger partial charge in [0.25, 0.3) is 0 Å². The molecule has 16 heavy (non-hydrogen) atoms. The molecular weight excluding hydrogens is 212 g/mol. The maximum absolute atomic E-state index is 11.8. The van der Waals surface area contributed by atoms with E-state index < -0.39 is 18.0 Å². The molecule has 86 valence electrons. The Labute approximate surface area is 92.3 Å². The minimum atomic E-state index is -1.03. The summed E-state index contributed by atoms with van der Waals surface area (Å²) in [5.74, 6) is -1.03. The highest BCUT2D eigenvalue weighted by Crippen LogP contribution is 2.25. The normalized spacial score (nSPS) is 27.4. The molecule has 0 spiro atoms. The number of amides is 2. The van der Waals surface area contributed by atoms with Crippen molar-refractivity contribution in [3.8, 4) is 0 Å². The van der Waals surface area contributed by atoms with Gasteiger partial charge in [-0.15, -0.1) is 6.58 Å². The molecule has 0 aromatic heterocycles. The van der Waals surface area contributed by atoms with E-state index in [1.54, 1.807) is 6.08 Å². The van der Waals surface area contributed by atoms with Crippen molar-refractivity contribution in [2.45, 2.75) is 12.1 Å². The summed E-state index contributed by atoms with van der Waals surface area (Å²) in [5.41, 5.74) is 0. The van der Waals surface area contributed by atoms with Gasteiger partial charge in [-0.25, -0.2) is 9.59 Å². The molecule has 6 nitrogen and oxygen atoms in total. The Bertz CT molecular complexity index is 366. The molecule has 2 unspecified atom stereocenters. The second-order valence-corrected chi connectivity index (χ2v) is 3.58. The van der Waals surface area contributed by atoms with E-state index in [1.165, 1.54) is 22.1 Å². The highest BCUT2D eigenvalue weighted by molar-refractivity contribution is 5.86. The number of urea groups is 1. The molecule has 0 aliphatic carbocycles. The number of rotatable bonds is 4. The fraction of sp³-hybridized carbons (Fsp3) is 0.400. The largest absolute Gasteiger partial charge is 0.479 e. The third-order valence-electron chi connectivity index (χ3n) is 2.56. The molecule has 2 atom stereocenters. The lowest BCUT2D eigenvalue weighted by Gasteiger charge is -2.22. The van der Waals surface area contributed by atoms with Crippen LogP contribution >= 0.6 is 0 Å². The lowest BCUT2D eigenvalue weighted by Crippen LogP contribution is -2.43. The van der Waals surface area contributed by atoms with Crippen molar-refractivity contribution in [1.82, 2.24) is 9.96 Å². The van der Waals surface area contributed by atoms with Crippen molar-refractivity contribution in [3.05, 3.63) is 24.8 Å². The predicted octanol–water partition coefficient (Wildman–Crippen LogP) is 0.233. The first-order chi connectivity index (χ1) is 7.65. The van der Waals surface area contributed by atoms with E-state index in [4.69, 9.17) is 9.94 Å². The van der Waals surface area contributed by atoms with Crippen LogP contribution in [-0.4, -0.2) is 52.3 Å². The Balaban J connectivity index is 2.15. The van der Waals surface area contributed by atoms with Crippen LogP contribution in [0.5, 0.6) is 0 Å². The Morgan fingerprint density at radius 2 is 2.44 bits per heavy atom. The van der Waals surface area contributed by atoms with Gasteiger partial charge in [0.1, 0.15) is 6.04 Å². The van der Waals surface area contributed by atoms with Gasteiger partial charge in [0.15, 0.2) is 0 Å². The van der Waals surface area contributed by atoms with Crippen molar-refractivity contribution in [3.63, 3.8) is 0 Å². The third kappa shape index (κ3) is 1.57. The topological polar surface area (TPSA) is 70.1 Å². The van der Waals surface area contributed by atoms with Crippen molar-refractivity contribution in [2.75, 3.05) is 13.2 Å². The standard InChI is InChI=1S/C10H12N2O4/c1-2-5-16-12-7-3-4-8(9(13)14)11(6-7)10(12)15/h2-4,7-8H,1,5-6H2,(H,13,14). The molecule has 0 saturated carbocycles. The van der Waals surface area contributed by atoms with E-state index in [1.807, 2.05) is 0 Å². The van der Waals surface area contributed by atoms with Crippen LogP contribution in [0.25, 0.3) is 0 Å². The molecule has 0 aromatic rings. The van der Waals surface area contributed by atoms with Crippen molar-refractivity contribution >= 4 is 12.0 Å². The minimum Gasteiger partial charge on any atom is -0.479 e. The summed E-state index contributed by atoms with van der Waals surface area (Å²) in [7, 11) is 0. The van der Waals surface area contributed by atoms with Gasteiger partial charge in [0.05, 0.1) is 19.2 Å². The monoisotopic (exact) mass is 224 g/mol. The van der Waals surface area contributed by atoms with Crippen LogP contribution in [0.1, 0.15) is 0 Å². The van der Waals surface area contributed by atoms with Crippen LogP contribution in [0.3, 0.4) is 0 Å². The molecule has 1 saturated heterocycles. The fourth-order valence-corrected chi connectivity index (χ4v) is 1.83. The number of fused-ring (bicyclic) bond motifs is 2. The second kappa shape index (κ2) is 3.97. The molecule has 2 bridgehead atoms. The summed E-state index contributed by atoms with van der Waals surface area (Å²) in [6, 6.07) is -1.51. The van der Waals surface area contributed by atoms with Gasteiger partial charge in [0.2, 0.25) is 0 Å². The van der Waals surface area contributed by atoms with Crippen LogP contribution in [0.2, 0.25) is 0 Å². The number of hydrogen-bond donors (Lipinski definition) is 1. The van der Waals surface area contributed by atoms with Gasteiger partial charge < -0.3 is 10.0 Å². The number of carbonyl (C=O) groups excluding carboxylic acids is 1. The van der Waals surface area contributed by atoms with E-state index in [2.05, 4.69) is 6.58 Å². The number of hydroxylamine groups is 2. The Morgan fingerprint density at radius 3 is 3.06 bits per heavy atom. The van der Waals surface area contributed by atoms with Crippen LogP contribution < -0.4 is 0 Å². The number of carboxylic acids is 1. The maximum atomic E-state index is 11.8. The molecule has 2 rings (SSSR count). The Hall–Kier alpha value is -1.82. The number of aliphatic carboxylic acids is 1. The first-order valence-corrected chi connectivity index (χ1v) is 4.90.